The van der Waals surface area contributed by atoms with Crippen LogP contribution in [0.5, 0.6) is 5.75 Å². The summed E-state index contributed by atoms with van der Waals surface area (Å²) in [4.78, 5) is 28.3. The van der Waals surface area contributed by atoms with Gasteiger partial charge in [-0.05, 0) is 57.2 Å². The van der Waals surface area contributed by atoms with Gasteiger partial charge in [0.1, 0.15) is 11.6 Å². The van der Waals surface area contributed by atoms with Gasteiger partial charge in [-0.2, -0.15) is 0 Å². The molecular formula is C18H19ClN2O4. The molecule has 6 nitrogen and oxygen atoms in total. The van der Waals surface area contributed by atoms with Gasteiger partial charge in [0.2, 0.25) is 0 Å². The molecule has 0 unspecified atom stereocenters. The second-order valence-electron chi connectivity index (χ2n) is 5.67. The summed E-state index contributed by atoms with van der Waals surface area (Å²) in [6.45, 7) is 5.25. The largest absolute Gasteiger partial charge is 0.478 e. The van der Waals surface area contributed by atoms with Gasteiger partial charge in [-0.15, -0.1) is 0 Å². The van der Waals surface area contributed by atoms with E-state index in [0.29, 0.717) is 16.3 Å². The van der Waals surface area contributed by atoms with E-state index in [4.69, 9.17) is 21.1 Å². The lowest BCUT2D eigenvalue weighted by atomic mass is 10.1. The first-order valence-electron chi connectivity index (χ1n) is 7.71. The molecule has 0 saturated carbocycles. The molecule has 0 aliphatic rings. The number of nitrogens with one attached hydrogen (secondary N) is 1. The Balaban J connectivity index is 2.08. The van der Waals surface area contributed by atoms with Crippen LogP contribution in [0, 0.1) is 0 Å². The third-order valence-electron chi connectivity index (χ3n) is 3.25. The first-order chi connectivity index (χ1) is 11.8. The number of hydrogen-bond donors (Lipinski definition) is 1. The number of benzene rings is 1. The lowest BCUT2D eigenvalue weighted by molar-refractivity contribution is -0.128. The standard InChI is InChI=1S/C18H19ClN2O4/c1-4-24-16(22)12-9-10-20-15(11-12)21-17(23)18(2,3)25-14-7-5-13(19)6-8-14/h5-11H,4H2,1-3H3,(H,20,21,23). The number of pyridine rings is 1. The Hall–Kier alpha value is -2.60. The fraction of sp³-hybridized carbons (Fsp3) is 0.278. The Kier molecular flexibility index (Phi) is 5.98. The summed E-state index contributed by atoms with van der Waals surface area (Å²) in [7, 11) is 0. The molecule has 0 fully saturated rings. The average molecular weight is 363 g/mol. The molecule has 1 N–H and O–H groups in total. The molecule has 7 heteroatoms. The van der Waals surface area contributed by atoms with Crippen molar-refractivity contribution in [3.05, 3.63) is 53.2 Å². The highest BCUT2D eigenvalue weighted by Gasteiger charge is 2.30. The predicted molar refractivity (Wildman–Crippen MR) is 95.0 cm³/mol. The zero-order valence-electron chi connectivity index (χ0n) is 14.2. The van der Waals surface area contributed by atoms with E-state index < -0.39 is 17.5 Å². The van der Waals surface area contributed by atoms with Gasteiger partial charge >= 0.3 is 5.97 Å². The van der Waals surface area contributed by atoms with Gasteiger partial charge in [0.05, 0.1) is 12.2 Å². The van der Waals surface area contributed by atoms with E-state index in [1.54, 1.807) is 45.0 Å². The van der Waals surface area contributed by atoms with Crippen LogP contribution in [0.2, 0.25) is 5.02 Å². The zero-order valence-corrected chi connectivity index (χ0v) is 15.0. The number of esters is 1. The molecule has 2 rings (SSSR count). The fourth-order valence-corrected chi connectivity index (χ4v) is 2.08. The Morgan fingerprint density at radius 2 is 1.88 bits per heavy atom. The predicted octanol–water partition coefficient (Wildman–Crippen LogP) is 3.71. The summed E-state index contributed by atoms with van der Waals surface area (Å²) >= 11 is 5.83. The number of carbonyl (C=O) groups excluding carboxylic acids is 2. The van der Waals surface area contributed by atoms with Gasteiger partial charge in [0.15, 0.2) is 5.60 Å². The molecule has 2 aromatic rings. The highest BCUT2D eigenvalue weighted by Crippen LogP contribution is 2.22. The number of ether oxygens (including phenoxy) is 2. The van der Waals surface area contributed by atoms with Crippen LogP contribution in [0.3, 0.4) is 0 Å². The summed E-state index contributed by atoms with van der Waals surface area (Å²) in [5.74, 6) is -0.130. The molecule has 0 saturated heterocycles. The minimum absolute atomic E-state index is 0.239. The van der Waals surface area contributed by atoms with Crippen molar-refractivity contribution in [3.8, 4) is 5.75 Å². The molecule has 1 heterocycles. The SMILES string of the molecule is CCOC(=O)c1ccnc(NC(=O)C(C)(C)Oc2ccc(Cl)cc2)c1. The smallest absolute Gasteiger partial charge is 0.338 e. The third kappa shape index (κ3) is 5.19. The second kappa shape index (κ2) is 7.98. The average Bonchev–Trinajstić information content (AvgIpc) is 2.57. The van der Waals surface area contributed by atoms with Gasteiger partial charge in [-0.1, -0.05) is 11.6 Å². The van der Waals surface area contributed by atoms with E-state index >= 15 is 0 Å². The molecule has 0 spiro atoms. The van der Waals surface area contributed by atoms with Crippen molar-refractivity contribution in [1.29, 1.82) is 0 Å². The number of carbonyl (C=O) groups is 2. The van der Waals surface area contributed by atoms with E-state index in [0.717, 1.165) is 0 Å². The number of halogens is 1. The van der Waals surface area contributed by atoms with Crippen LogP contribution in [-0.2, 0) is 9.53 Å². The van der Waals surface area contributed by atoms with Crippen LogP contribution in [0.4, 0.5) is 5.82 Å². The summed E-state index contributed by atoms with van der Waals surface area (Å²) < 4.78 is 10.6. The molecule has 1 aromatic carbocycles. The lowest BCUT2D eigenvalue weighted by Crippen LogP contribution is -2.42. The maximum absolute atomic E-state index is 12.5. The lowest BCUT2D eigenvalue weighted by Gasteiger charge is -2.25. The van der Waals surface area contributed by atoms with Crippen molar-refractivity contribution in [2.45, 2.75) is 26.4 Å². The minimum Gasteiger partial charge on any atom is -0.478 e. The van der Waals surface area contributed by atoms with E-state index in [-0.39, 0.29) is 12.4 Å². The van der Waals surface area contributed by atoms with Crippen LogP contribution in [-0.4, -0.2) is 29.1 Å². The topological polar surface area (TPSA) is 77.5 Å². The Labute approximate surface area is 151 Å². The van der Waals surface area contributed by atoms with E-state index in [2.05, 4.69) is 10.3 Å². The Bertz CT molecular complexity index is 760. The van der Waals surface area contributed by atoms with Crippen molar-refractivity contribution >= 4 is 29.3 Å². The monoisotopic (exact) mass is 362 g/mol. The van der Waals surface area contributed by atoms with Gasteiger partial charge < -0.3 is 14.8 Å². The molecule has 0 aliphatic carbocycles. The van der Waals surface area contributed by atoms with Gasteiger partial charge in [-0.25, -0.2) is 9.78 Å². The summed E-state index contributed by atoms with van der Waals surface area (Å²) in [5.41, 5.74) is -0.848. The van der Waals surface area contributed by atoms with E-state index in [1.807, 2.05) is 0 Å². The quantitative estimate of drug-likeness (QED) is 0.792. The van der Waals surface area contributed by atoms with Crippen molar-refractivity contribution < 1.29 is 19.1 Å². The van der Waals surface area contributed by atoms with Crippen LogP contribution in [0.15, 0.2) is 42.6 Å². The van der Waals surface area contributed by atoms with Crippen molar-refractivity contribution in [2.75, 3.05) is 11.9 Å². The fourth-order valence-electron chi connectivity index (χ4n) is 1.95. The molecule has 1 aromatic heterocycles. The Morgan fingerprint density at radius 3 is 2.52 bits per heavy atom. The first kappa shape index (κ1) is 18.7. The molecule has 25 heavy (non-hydrogen) atoms. The molecule has 0 radical (unpaired) electrons. The zero-order chi connectivity index (χ0) is 18.4. The molecule has 0 bridgehead atoms. The van der Waals surface area contributed by atoms with Crippen LogP contribution in [0.1, 0.15) is 31.1 Å². The van der Waals surface area contributed by atoms with Gasteiger partial charge in [-0.3, -0.25) is 4.79 Å². The number of nitrogens with zero attached hydrogens (tertiary/aromatic N) is 1. The third-order valence-corrected chi connectivity index (χ3v) is 3.50. The molecule has 132 valence electrons. The molecule has 0 aliphatic heterocycles. The molecule has 1 amide bonds. The number of rotatable bonds is 6. The van der Waals surface area contributed by atoms with E-state index in [9.17, 15) is 9.59 Å². The summed E-state index contributed by atoms with van der Waals surface area (Å²) in [5, 5.41) is 3.22. The van der Waals surface area contributed by atoms with Gasteiger partial charge in [0.25, 0.3) is 5.91 Å². The number of aromatic nitrogens is 1. The van der Waals surface area contributed by atoms with Crippen LogP contribution >= 0.6 is 11.6 Å². The summed E-state index contributed by atoms with van der Waals surface area (Å²) in [6, 6.07) is 9.68. The number of hydrogen-bond acceptors (Lipinski definition) is 5. The van der Waals surface area contributed by atoms with Crippen LogP contribution < -0.4 is 10.1 Å². The maximum atomic E-state index is 12.5. The van der Waals surface area contributed by atoms with Crippen molar-refractivity contribution in [3.63, 3.8) is 0 Å². The van der Waals surface area contributed by atoms with Gasteiger partial charge in [0, 0.05) is 11.2 Å². The highest BCUT2D eigenvalue weighted by atomic mass is 35.5. The second-order valence-corrected chi connectivity index (χ2v) is 6.11. The van der Waals surface area contributed by atoms with Crippen molar-refractivity contribution in [1.82, 2.24) is 4.98 Å². The maximum Gasteiger partial charge on any atom is 0.338 e. The number of anilines is 1. The highest BCUT2D eigenvalue weighted by molar-refractivity contribution is 6.30. The number of amides is 1. The van der Waals surface area contributed by atoms with E-state index in [1.165, 1.54) is 18.3 Å². The molecule has 0 atom stereocenters. The normalized spacial score (nSPS) is 10.9. The van der Waals surface area contributed by atoms with Crippen molar-refractivity contribution in [2.24, 2.45) is 0 Å². The minimum atomic E-state index is -1.16. The Morgan fingerprint density at radius 1 is 1.20 bits per heavy atom. The molecular weight excluding hydrogens is 344 g/mol. The first-order valence-corrected chi connectivity index (χ1v) is 8.09. The van der Waals surface area contributed by atoms with Crippen LogP contribution in [0.25, 0.3) is 0 Å². The summed E-state index contributed by atoms with van der Waals surface area (Å²) in [6.07, 6.45) is 1.43.